The van der Waals surface area contributed by atoms with Crippen LogP contribution >= 0.6 is 38.9 Å². The Bertz CT molecular complexity index is 542. The average Bonchev–Trinajstić information content (AvgIpc) is 2.73. The number of benzene rings is 1. The van der Waals surface area contributed by atoms with Gasteiger partial charge >= 0.3 is 0 Å². The molecule has 0 aliphatic heterocycles. The molecule has 0 bridgehead atoms. The molecule has 1 heterocycles. The molecule has 0 radical (unpaired) electrons. The minimum Gasteiger partial charge on any atom is -0.487 e. The molecule has 1 aromatic heterocycles. The molecule has 18 heavy (non-hydrogen) atoms. The first-order valence-corrected chi connectivity index (χ1v) is 7.47. The van der Waals surface area contributed by atoms with Gasteiger partial charge < -0.3 is 10.5 Å². The standard InChI is InChI=1S/C13H13BrClNOS/c1-8(16)9-2-4-12(11(15)6-9)17-7-10-3-5-13(14)18-10/h2-6,8H,7,16H2,1H3/t8-/m1/s1. The van der Waals surface area contributed by atoms with E-state index in [9.17, 15) is 0 Å². The molecule has 0 unspecified atom stereocenters. The minimum absolute atomic E-state index is 0.0233. The molecule has 0 saturated carbocycles. The number of rotatable bonds is 4. The topological polar surface area (TPSA) is 35.2 Å². The van der Waals surface area contributed by atoms with Gasteiger partial charge in [-0.05, 0) is 52.7 Å². The van der Waals surface area contributed by atoms with Crippen LogP contribution in [-0.2, 0) is 6.61 Å². The van der Waals surface area contributed by atoms with E-state index in [-0.39, 0.29) is 6.04 Å². The fourth-order valence-electron chi connectivity index (χ4n) is 1.50. The van der Waals surface area contributed by atoms with Gasteiger partial charge in [-0.3, -0.25) is 0 Å². The molecule has 0 aliphatic rings. The summed E-state index contributed by atoms with van der Waals surface area (Å²) in [5, 5.41) is 0.598. The monoisotopic (exact) mass is 345 g/mol. The highest BCUT2D eigenvalue weighted by Gasteiger charge is 2.06. The molecule has 96 valence electrons. The maximum atomic E-state index is 6.16. The van der Waals surface area contributed by atoms with Crippen molar-refractivity contribution in [3.8, 4) is 5.75 Å². The van der Waals surface area contributed by atoms with Crippen LogP contribution in [0.3, 0.4) is 0 Å². The summed E-state index contributed by atoms with van der Waals surface area (Å²) in [4.78, 5) is 1.15. The Hall–Kier alpha value is -0.550. The summed E-state index contributed by atoms with van der Waals surface area (Å²) < 4.78 is 6.78. The van der Waals surface area contributed by atoms with Crippen molar-refractivity contribution < 1.29 is 4.74 Å². The summed E-state index contributed by atoms with van der Waals surface area (Å²) in [7, 11) is 0. The van der Waals surface area contributed by atoms with E-state index in [1.807, 2.05) is 37.3 Å². The van der Waals surface area contributed by atoms with E-state index in [1.54, 1.807) is 11.3 Å². The molecular weight excluding hydrogens is 334 g/mol. The Morgan fingerprint density at radius 2 is 2.17 bits per heavy atom. The lowest BCUT2D eigenvalue weighted by Gasteiger charge is -2.10. The molecule has 0 aliphatic carbocycles. The molecular formula is C13H13BrClNOS. The fourth-order valence-corrected chi connectivity index (χ4v) is 3.14. The van der Waals surface area contributed by atoms with Crippen molar-refractivity contribution in [2.45, 2.75) is 19.6 Å². The summed E-state index contributed by atoms with van der Waals surface area (Å²) in [5.74, 6) is 0.686. The maximum Gasteiger partial charge on any atom is 0.138 e. The van der Waals surface area contributed by atoms with Gasteiger partial charge in [-0.2, -0.15) is 0 Å². The Morgan fingerprint density at radius 1 is 1.39 bits per heavy atom. The maximum absolute atomic E-state index is 6.16. The van der Waals surface area contributed by atoms with Gasteiger partial charge in [0.25, 0.3) is 0 Å². The molecule has 0 amide bonds. The van der Waals surface area contributed by atoms with Crippen LogP contribution < -0.4 is 10.5 Å². The summed E-state index contributed by atoms with van der Waals surface area (Å²) in [5.41, 5.74) is 6.80. The Morgan fingerprint density at radius 3 is 2.72 bits per heavy atom. The Labute approximate surface area is 124 Å². The molecule has 2 nitrogen and oxygen atoms in total. The summed E-state index contributed by atoms with van der Waals surface area (Å²) in [6.07, 6.45) is 0. The van der Waals surface area contributed by atoms with Crippen molar-refractivity contribution in [3.05, 3.63) is 49.6 Å². The lowest BCUT2D eigenvalue weighted by molar-refractivity contribution is 0.310. The predicted molar refractivity (Wildman–Crippen MR) is 80.4 cm³/mol. The van der Waals surface area contributed by atoms with Crippen molar-refractivity contribution in [1.82, 2.24) is 0 Å². The lowest BCUT2D eigenvalue weighted by atomic mass is 10.1. The second-order valence-corrected chi connectivity index (χ2v) is 6.93. The molecule has 5 heteroatoms. The van der Waals surface area contributed by atoms with E-state index in [0.717, 1.165) is 14.2 Å². The van der Waals surface area contributed by atoms with Gasteiger partial charge in [0.05, 0.1) is 8.81 Å². The number of ether oxygens (including phenoxy) is 1. The van der Waals surface area contributed by atoms with Crippen LogP contribution in [0.4, 0.5) is 0 Å². The fraction of sp³-hybridized carbons (Fsp3) is 0.231. The first kappa shape index (κ1) is 13.9. The van der Waals surface area contributed by atoms with Crippen molar-refractivity contribution >= 4 is 38.9 Å². The first-order valence-electron chi connectivity index (χ1n) is 5.48. The summed E-state index contributed by atoms with van der Waals surface area (Å²) in [6.45, 7) is 2.45. The third kappa shape index (κ3) is 3.48. The largest absolute Gasteiger partial charge is 0.487 e. The first-order chi connectivity index (χ1) is 8.56. The van der Waals surface area contributed by atoms with E-state index in [2.05, 4.69) is 15.9 Å². The molecule has 2 N–H and O–H groups in total. The van der Waals surface area contributed by atoms with Crippen LogP contribution in [0.25, 0.3) is 0 Å². The minimum atomic E-state index is -0.0233. The van der Waals surface area contributed by atoms with E-state index in [4.69, 9.17) is 22.1 Å². The lowest BCUT2D eigenvalue weighted by Crippen LogP contribution is -2.05. The van der Waals surface area contributed by atoms with E-state index in [0.29, 0.717) is 17.4 Å². The van der Waals surface area contributed by atoms with Crippen LogP contribution in [0, 0.1) is 0 Å². The number of thiophene rings is 1. The Kier molecular flexibility index (Phi) is 4.67. The highest BCUT2D eigenvalue weighted by molar-refractivity contribution is 9.11. The smallest absolute Gasteiger partial charge is 0.138 e. The van der Waals surface area contributed by atoms with Crippen molar-refractivity contribution in [2.75, 3.05) is 0 Å². The second-order valence-electron chi connectivity index (χ2n) is 3.97. The number of nitrogens with two attached hydrogens (primary N) is 1. The van der Waals surface area contributed by atoms with Gasteiger partial charge in [-0.15, -0.1) is 11.3 Å². The van der Waals surface area contributed by atoms with E-state index >= 15 is 0 Å². The van der Waals surface area contributed by atoms with Gasteiger partial charge in [0.1, 0.15) is 12.4 Å². The number of hydrogen-bond acceptors (Lipinski definition) is 3. The normalized spacial score (nSPS) is 12.4. The van der Waals surface area contributed by atoms with Gasteiger partial charge in [0.2, 0.25) is 0 Å². The molecule has 2 aromatic rings. The molecule has 0 saturated heterocycles. The van der Waals surface area contributed by atoms with Crippen LogP contribution in [0.1, 0.15) is 23.4 Å². The van der Waals surface area contributed by atoms with Crippen LogP contribution in [0.5, 0.6) is 5.75 Å². The summed E-state index contributed by atoms with van der Waals surface area (Å²) >= 11 is 11.2. The van der Waals surface area contributed by atoms with E-state index < -0.39 is 0 Å². The van der Waals surface area contributed by atoms with Crippen LogP contribution in [-0.4, -0.2) is 0 Å². The highest BCUT2D eigenvalue weighted by Crippen LogP contribution is 2.29. The molecule has 1 aromatic carbocycles. The molecule has 2 rings (SSSR count). The van der Waals surface area contributed by atoms with Gasteiger partial charge in [-0.25, -0.2) is 0 Å². The van der Waals surface area contributed by atoms with Crippen molar-refractivity contribution in [2.24, 2.45) is 5.73 Å². The predicted octanol–water partition coefficient (Wildman–Crippen LogP) is 4.76. The summed E-state index contributed by atoms with van der Waals surface area (Å²) in [6, 6.07) is 9.67. The van der Waals surface area contributed by atoms with Gasteiger partial charge in [-0.1, -0.05) is 17.7 Å². The van der Waals surface area contributed by atoms with Crippen molar-refractivity contribution in [3.63, 3.8) is 0 Å². The zero-order chi connectivity index (χ0) is 13.1. The SMILES string of the molecule is C[C@@H](N)c1ccc(OCc2ccc(Br)s2)c(Cl)c1. The molecule has 1 atom stereocenters. The van der Waals surface area contributed by atoms with Crippen LogP contribution in [0.15, 0.2) is 34.1 Å². The highest BCUT2D eigenvalue weighted by atomic mass is 79.9. The average molecular weight is 347 g/mol. The van der Waals surface area contributed by atoms with Crippen molar-refractivity contribution in [1.29, 1.82) is 0 Å². The number of hydrogen-bond donors (Lipinski definition) is 1. The second kappa shape index (κ2) is 6.06. The third-order valence-corrected chi connectivity index (χ3v) is 4.37. The zero-order valence-electron chi connectivity index (χ0n) is 9.82. The quantitative estimate of drug-likeness (QED) is 0.866. The third-order valence-electron chi connectivity index (χ3n) is 2.48. The molecule has 0 spiro atoms. The number of halogens is 2. The van der Waals surface area contributed by atoms with Gasteiger partial charge in [0.15, 0.2) is 0 Å². The van der Waals surface area contributed by atoms with Gasteiger partial charge in [0, 0.05) is 10.9 Å². The molecule has 0 fully saturated rings. The van der Waals surface area contributed by atoms with E-state index in [1.165, 1.54) is 0 Å². The zero-order valence-corrected chi connectivity index (χ0v) is 13.0. The Balaban J connectivity index is 2.05. The van der Waals surface area contributed by atoms with Crippen LogP contribution in [0.2, 0.25) is 5.02 Å².